The van der Waals surface area contributed by atoms with E-state index in [4.69, 9.17) is 0 Å². The first-order valence-electron chi connectivity index (χ1n) is 7.25. The number of aromatic nitrogens is 2. The van der Waals surface area contributed by atoms with Gasteiger partial charge in [-0.05, 0) is 44.6 Å². The van der Waals surface area contributed by atoms with Crippen LogP contribution in [0.25, 0.3) is 6.08 Å². The first-order valence-corrected chi connectivity index (χ1v) is 7.25. The molecule has 0 bridgehead atoms. The molecule has 1 fully saturated rings. The second-order valence-electron chi connectivity index (χ2n) is 5.24. The summed E-state index contributed by atoms with van der Waals surface area (Å²) in [4.78, 5) is 8.87. The maximum absolute atomic E-state index is 4.52. The van der Waals surface area contributed by atoms with Gasteiger partial charge in [-0.3, -0.25) is 4.98 Å². The number of nitrogens with zero attached hydrogens (tertiary/aromatic N) is 2. The van der Waals surface area contributed by atoms with Gasteiger partial charge in [0.15, 0.2) is 0 Å². The van der Waals surface area contributed by atoms with E-state index in [2.05, 4.69) is 21.8 Å². The van der Waals surface area contributed by atoms with Crippen molar-refractivity contribution in [3.63, 3.8) is 0 Å². The van der Waals surface area contributed by atoms with Gasteiger partial charge >= 0.3 is 0 Å². The first-order chi connectivity index (χ1) is 9.29. The molecule has 0 aliphatic heterocycles. The predicted octanol–water partition coefficient (Wildman–Crippen LogP) is 4.14. The van der Waals surface area contributed by atoms with Crippen LogP contribution in [0.4, 0.5) is 0 Å². The third-order valence-corrected chi connectivity index (χ3v) is 3.65. The van der Waals surface area contributed by atoms with Crippen molar-refractivity contribution < 1.29 is 0 Å². The Morgan fingerprint density at radius 2 is 2.11 bits per heavy atom. The molecule has 0 spiro atoms. The average Bonchev–Trinajstić information content (AvgIpc) is 2.44. The molecule has 1 aromatic rings. The highest BCUT2D eigenvalue weighted by molar-refractivity contribution is 5.47. The molecule has 1 heterocycles. The fourth-order valence-corrected chi connectivity index (χ4v) is 2.52. The van der Waals surface area contributed by atoms with Crippen LogP contribution in [0.2, 0.25) is 0 Å². The van der Waals surface area contributed by atoms with Crippen molar-refractivity contribution in [3.05, 3.63) is 29.4 Å². The lowest BCUT2D eigenvalue weighted by Crippen LogP contribution is -2.04. The van der Waals surface area contributed by atoms with E-state index in [0.29, 0.717) is 0 Å². The van der Waals surface area contributed by atoms with Crippen LogP contribution in [0, 0.1) is 24.7 Å². The molecule has 0 atom stereocenters. The van der Waals surface area contributed by atoms with Gasteiger partial charge in [-0.25, -0.2) is 4.98 Å². The predicted molar refractivity (Wildman–Crippen MR) is 79.5 cm³/mol. The largest absolute Gasteiger partial charge is 0.256 e. The maximum Gasteiger partial charge on any atom is 0.132 e. The minimum Gasteiger partial charge on any atom is -0.256 e. The Morgan fingerprint density at radius 1 is 1.32 bits per heavy atom. The summed E-state index contributed by atoms with van der Waals surface area (Å²) < 4.78 is 0. The molecule has 0 N–H and O–H groups in total. The molecule has 0 radical (unpaired) electrons. The van der Waals surface area contributed by atoms with Gasteiger partial charge in [0.2, 0.25) is 0 Å². The highest BCUT2D eigenvalue weighted by Crippen LogP contribution is 2.25. The van der Waals surface area contributed by atoms with E-state index < -0.39 is 0 Å². The second-order valence-corrected chi connectivity index (χ2v) is 5.24. The highest BCUT2D eigenvalue weighted by Gasteiger charge is 2.11. The molecule has 1 saturated carbocycles. The van der Waals surface area contributed by atoms with Crippen LogP contribution in [0.15, 0.2) is 12.3 Å². The Kier molecular flexibility index (Phi) is 5.15. The van der Waals surface area contributed by atoms with E-state index in [1.165, 1.54) is 32.1 Å². The zero-order chi connectivity index (χ0) is 13.5. The summed E-state index contributed by atoms with van der Waals surface area (Å²) in [5, 5.41) is 0. The molecule has 2 rings (SSSR count). The Labute approximate surface area is 116 Å². The second kappa shape index (κ2) is 7.09. The lowest BCUT2D eigenvalue weighted by Gasteiger charge is -2.18. The van der Waals surface area contributed by atoms with E-state index >= 15 is 0 Å². The number of aryl methyl sites for hydroxylation is 1. The minimum atomic E-state index is 0.787. The fourth-order valence-electron chi connectivity index (χ4n) is 2.52. The molecule has 0 unspecified atom stereocenters. The van der Waals surface area contributed by atoms with Crippen molar-refractivity contribution in [3.8, 4) is 11.8 Å². The Balaban J connectivity index is 2.00. The number of hydrogen-bond donors (Lipinski definition) is 0. The Hall–Kier alpha value is -1.62. The molecule has 0 aromatic carbocycles. The van der Waals surface area contributed by atoms with Crippen molar-refractivity contribution in [1.29, 1.82) is 0 Å². The monoisotopic (exact) mass is 254 g/mol. The van der Waals surface area contributed by atoms with Gasteiger partial charge < -0.3 is 0 Å². The molecule has 1 aromatic heterocycles. The van der Waals surface area contributed by atoms with Crippen molar-refractivity contribution >= 4 is 6.08 Å². The van der Waals surface area contributed by atoms with Gasteiger partial charge in [0.25, 0.3) is 0 Å². The van der Waals surface area contributed by atoms with Gasteiger partial charge in [-0.2, -0.15) is 0 Å². The molecular weight excluding hydrogens is 232 g/mol. The van der Waals surface area contributed by atoms with Gasteiger partial charge in [0.05, 0.1) is 17.6 Å². The van der Waals surface area contributed by atoms with Crippen LogP contribution < -0.4 is 0 Å². The van der Waals surface area contributed by atoms with Gasteiger partial charge in [-0.1, -0.05) is 31.3 Å². The number of allylic oxidation sites excluding steroid dienone is 1. The smallest absolute Gasteiger partial charge is 0.132 e. The lowest BCUT2D eigenvalue weighted by atomic mass is 9.87. The Morgan fingerprint density at radius 3 is 2.84 bits per heavy atom. The summed E-state index contributed by atoms with van der Waals surface area (Å²) >= 11 is 0. The van der Waals surface area contributed by atoms with Gasteiger partial charge in [-0.15, -0.1) is 0 Å². The molecule has 1 aliphatic rings. The Bertz CT molecular complexity index is 500. The van der Waals surface area contributed by atoms with Crippen molar-refractivity contribution in [2.24, 2.45) is 5.92 Å². The highest BCUT2D eigenvalue weighted by atomic mass is 14.8. The van der Waals surface area contributed by atoms with Crippen LogP contribution in [0.3, 0.4) is 0 Å². The molecule has 2 nitrogen and oxygen atoms in total. The molecule has 19 heavy (non-hydrogen) atoms. The zero-order valence-electron chi connectivity index (χ0n) is 11.9. The number of hydrogen-bond acceptors (Lipinski definition) is 2. The van der Waals surface area contributed by atoms with E-state index in [9.17, 15) is 0 Å². The maximum atomic E-state index is 4.52. The zero-order valence-corrected chi connectivity index (χ0v) is 11.9. The van der Waals surface area contributed by atoms with Crippen LogP contribution in [0.1, 0.15) is 62.5 Å². The minimum absolute atomic E-state index is 0.787. The van der Waals surface area contributed by atoms with Crippen molar-refractivity contribution in [2.75, 3.05) is 0 Å². The molecule has 2 heteroatoms. The molecular formula is C17H22N2. The molecule has 100 valence electrons. The molecule has 1 aliphatic carbocycles. The third-order valence-electron chi connectivity index (χ3n) is 3.65. The van der Waals surface area contributed by atoms with E-state index in [0.717, 1.165) is 29.4 Å². The first kappa shape index (κ1) is 13.8. The summed E-state index contributed by atoms with van der Waals surface area (Å²) in [6.07, 6.45) is 13.6. The van der Waals surface area contributed by atoms with Gasteiger partial charge in [0, 0.05) is 6.42 Å². The number of rotatable bonds is 2. The summed E-state index contributed by atoms with van der Waals surface area (Å²) in [7, 11) is 0. The fraction of sp³-hybridized carbons (Fsp3) is 0.529. The van der Waals surface area contributed by atoms with E-state index in [1.54, 1.807) is 6.20 Å². The lowest BCUT2D eigenvalue weighted by molar-refractivity contribution is 0.365. The van der Waals surface area contributed by atoms with Crippen molar-refractivity contribution in [1.82, 2.24) is 9.97 Å². The normalized spacial score (nSPS) is 16.3. The third kappa shape index (κ3) is 4.21. The summed E-state index contributed by atoms with van der Waals surface area (Å²) in [5.74, 6) is 7.24. The topological polar surface area (TPSA) is 25.8 Å². The SMILES string of the molecule is C/C=C\c1nc(C#CCC2CCCCC2)cnc1C. The average molecular weight is 254 g/mol. The van der Waals surface area contributed by atoms with Crippen molar-refractivity contribution in [2.45, 2.75) is 52.4 Å². The van der Waals surface area contributed by atoms with Crippen LogP contribution in [0.5, 0.6) is 0 Å². The molecule has 0 saturated heterocycles. The van der Waals surface area contributed by atoms with Crippen LogP contribution in [-0.2, 0) is 0 Å². The van der Waals surface area contributed by atoms with E-state index in [-0.39, 0.29) is 0 Å². The van der Waals surface area contributed by atoms with Gasteiger partial charge in [0.1, 0.15) is 5.69 Å². The molecule has 0 amide bonds. The van der Waals surface area contributed by atoms with Crippen LogP contribution >= 0.6 is 0 Å². The standard InChI is InChI=1S/C17H22N2/c1-3-8-17-14(2)18-13-16(19-17)12-7-11-15-9-5-4-6-10-15/h3,8,13,15H,4-6,9-11H2,1-2H3/b8-3-. The van der Waals surface area contributed by atoms with E-state index in [1.807, 2.05) is 26.0 Å². The van der Waals surface area contributed by atoms with Crippen LogP contribution in [-0.4, -0.2) is 9.97 Å². The summed E-state index contributed by atoms with van der Waals surface area (Å²) in [6, 6.07) is 0. The summed E-state index contributed by atoms with van der Waals surface area (Å²) in [6.45, 7) is 3.96. The summed E-state index contributed by atoms with van der Waals surface area (Å²) in [5.41, 5.74) is 2.66. The quantitative estimate of drug-likeness (QED) is 0.741.